The predicted molar refractivity (Wildman–Crippen MR) is 115 cm³/mol. The molecule has 0 saturated carbocycles. The summed E-state index contributed by atoms with van der Waals surface area (Å²) in [6, 6.07) is 16.3. The molecule has 0 unspecified atom stereocenters. The van der Waals surface area contributed by atoms with Gasteiger partial charge in [-0.05, 0) is 48.5 Å². The molecule has 7 heteroatoms. The van der Waals surface area contributed by atoms with Gasteiger partial charge in [0.25, 0.3) is 0 Å². The highest BCUT2D eigenvalue weighted by molar-refractivity contribution is 6.30. The summed E-state index contributed by atoms with van der Waals surface area (Å²) >= 11 is 5.84. The van der Waals surface area contributed by atoms with Crippen molar-refractivity contribution in [3.63, 3.8) is 0 Å². The number of ketones is 1. The number of benzene rings is 3. The molecule has 0 amide bonds. The fraction of sp³-hybridized carbons (Fsp3) is 0.0833. The standard InChI is InChI=1S/C24H17ClO6/c1-28-19-5-3-4-15(23(19)29-2)12-21-22(26)18-11-10-17(13-20(18)31-21)30-24(27)14-6-8-16(25)9-7-14/h3-13H,1-2H3/b21-12-. The number of rotatable bonds is 5. The fourth-order valence-electron chi connectivity index (χ4n) is 3.15. The molecule has 3 aromatic carbocycles. The monoisotopic (exact) mass is 436 g/mol. The summed E-state index contributed by atoms with van der Waals surface area (Å²) in [4.78, 5) is 25.1. The number of carbonyl (C=O) groups is 2. The lowest BCUT2D eigenvalue weighted by Crippen LogP contribution is -2.08. The summed E-state index contributed by atoms with van der Waals surface area (Å²) in [5.74, 6) is 0.890. The van der Waals surface area contributed by atoms with E-state index in [1.54, 1.807) is 60.7 Å². The summed E-state index contributed by atoms with van der Waals surface area (Å²) in [6.07, 6.45) is 1.59. The van der Waals surface area contributed by atoms with Crippen molar-refractivity contribution in [3.05, 3.63) is 88.1 Å². The summed E-state index contributed by atoms with van der Waals surface area (Å²) in [5, 5.41) is 0.521. The SMILES string of the molecule is COc1cccc(/C=C2\Oc3cc(OC(=O)c4ccc(Cl)cc4)ccc3C2=O)c1OC. The van der Waals surface area contributed by atoms with Crippen molar-refractivity contribution in [2.24, 2.45) is 0 Å². The number of allylic oxidation sites excluding steroid dienone is 1. The molecule has 0 aliphatic carbocycles. The number of hydrogen-bond acceptors (Lipinski definition) is 6. The van der Waals surface area contributed by atoms with Crippen LogP contribution in [0.1, 0.15) is 26.3 Å². The van der Waals surface area contributed by atoms with Crippen molar-refractivity contribution < 1.29 is 28.5 Å². The Morgan fingerprint density at radius 2 is 1.77 bits per heavy atom. The Bertz CT molecular complexity index is 1200. The van der Waals surface area contributed by atoms with E-state index in [9.17, 15) is 9.59 Å². The largest absolute Gasteiger partial charge is 0.493 e. The second-order valence-electron chi connectivity index (χ2n) is 6.58. The van der Waals surface area contributed by atoms with Crippen LogP contribution < -0.4 is 18.9 Å². The summed E-state index contributed by atoms with van der Waals surface area (Å²) in [5.41, 5.74) is 1.36. The number of Topliss-reactive ketones (excluding diaryl/α,β-unsaturated/α-hetero) is 1. The highest BCUT2D eigenvalue weighted by atomic mass is 35.5. The first-order chi connectivity index (χ1) is 15.0. The van der Waals surface area contributed by atoms with Crippen molar-refractivity contribution in [2.45, 2.75) is 0 Å². The molecule has 1 aliphatic heterocycles. The van der Waals surface area contributed by atoms with Gasteiger partial charge in [0, 0.05) is 16.7 Å². The second-order valence-corrected chi connectivity index (χ2v) is 7.01. The molecule has 3 aromatic rings. The molecule has 1 heterocycles. The van der Waals surface area contributed by atoms with E-state index < -0.39 is 5.97 Å². The number of fused-ring (bicyclic) bond motifs is 1. The first-order valence-electron chi connectivity index (χ1n) is 9.27. The molecule has 0 atom stereocenters. The van der Waals surface area contributed by atoms with Crippen LogP contribution in [0.25, 0.3) is 6.08 Å². The molecule has 6 nitrogen and oxygen atoms in total. The van der Waals surface area contributed by atoms with Gasteiger partial charge in [0.2, 0.25) is 5.78 Å². The van der Waals surface area contributed by atoms with E-state index in [1.807, 2.05) is 0 Å². The Balaban J connectivity index is 1.58. The number of esters is 1. The van der Waals surface area contributed by atoms with Gasteiger partial charge in [-0.1, -0.05) is 23.7 Å². The lowest BCUT2D eigenvalue weighted by atomic mass is 10.1. The zero-order chi connectivity index (χ0) is 22.0. The minimum absolute atomic E-state index is 0.128. The minimum atomic E-state index is -0.544. The lowest BCUT2D eigenvalue weighted by Gasteiger charge is -2.10. The van der Waals surface area contributed by atoms with Gasteiger partial charge in [-0.3, -0.25) is 4.79 Å². The number of ether oxygens (including phenoxy) is 4. The van der Waals surface area contributed by atoms with Gasteiger partial charge >= 0.3 is 5.97 Å². The molecule has 0 fully saturated rings. The summed E-state index contributed by atoms with van der Waals surface area (Å²) in [7, 11) is 3.06. The number of halogens is 1. The number of methoxy groups -OCH3 is 2. The van der Waals surface area contributed by atoms with Crippen LogP contribution in [0.2, 0.25) is 5.02 Å². The molecule has 0 N–H and O–H groups in total. The van der Waals surface area contributed by atoms with Crippen molar-refractivity contribution in [3.8, 4) is 23.0 Å². The number of para-hydroxylation sites is 1. The van der Waals surface area contributed by atoms with E-state index in [0.29, 0.717) is 39.0 Å². The van der Waals surface area contributed by atoms with E-state index in [0.717, 1.165) is 0 Å². The van der Waals surface area contributed by atoms with Crippen molar-refractivity contribution in [1.29, 1.82) is 0 Å². The van der Waals surface area contributed by atoms with Crippen LogP contribution in [0.3, 0.4) is 0 Å². The number of hydrogen-bond donors (Lipinski definition) is 0. The average molecular weight is 437 g/mol. The van der Waals surface area contributed by atoms with E-state index >= 15 is 0 Å². The second kappa shape index (κ2) is 8.53. The third kappa shape index (κ3) is 4.11. The van der Waals surface area contributed by atoms with Crippen molar-refractivity contribution in [2.75, 3.05) is 14.2 Å². The third-order valence-electron chi connectivity index (χ3n) is 4.65. The normalized spacial score (nSPS) is 13.5. The van der Waals surface area contributed by atoms with Crippen LogP contribution in [0.4, 0.5) is 0 Å². The molecular formula is C24H17ClO6. The van der Waals surface area contributed by atoms with E-state index in [-0.39, 0.29) is 17.3 Å². The molecule has 0 aromatic heterocycles. The first-order valence-corrected chi connectivity index (χ1v) is 9.65. The van der Waals surface area contributed by atoms with Crippen molar-refractivity contribution in [1.82, 2.24) is 0 Å². The average Bonchev–Trinajstić information content (AvgIpc) is 3.08. The van der Waals surface area contributed by atoms with Crippen molar-refractivity contribution >= 4 is 29.4 Å². The molecule has 0 saturated heterocycles. The van der Waals surface area contributed by atoms with Crippen LogP contribution in [0.5, 0.6) is 23.0 Å². The molecule has 4 rings (SSSR count). The van der Waals surface area contributed by atoms with E-state index in [4.69, 9.17) is 30.5 Å². The van der Waals surface area contributed by atoms with Gasteiger partial charge in [0.05, 0.1) is 25.3 Å². The van der Waals surface area contributed by atoms with E-state index in [1.165, 1.54) is 20.3 Å². The maximum atomic E-state index is 12.8. The quantitative estimate of drug-likeness (QED) is 0.311. The van der Waals surface area contributed by atoms with Gasteiger partial charge in [-0.2, -0.15) is 0 Å². The Kier molecular flexibility index (Phi) is 5.64. The molecule has 0 bridgehead atoms. The summed E-state index contributed by atoms with van der Waals surface area (Å²) in [6.45, 7) is 0. The Labute approximate surface area is 183 Å². The minimum Gasteiger partial charge on any atom is -0.493 e. The maximum Gasteiger partial charge on any atom is 0.343 e. The van der Waals surface area contributed by atoms with Gasteiger partial charge in [0.15, 0.2) is 17.3 Å². The topological polar surface area (TPSA) is 71.1 Å². The van der Waals surface area contributed by atoms with Crippen LogP contribution in [-0.2, 0) is 0 Å². The molecule has 1 aliphatic rings. The lowest BCUT2D eigenvalue weighted by molar-refractivity contribution is 0.0734. The van der Waals surface area contributed by atoms with E-state index in [2.05, 4.69) is 0 Å². The highest BCUT2D eigenvalue weighted by Gasteiger charge is 2.28. The van der Waals surface area contributed by atoms with Gasteiger partial charge in [0.1, 0.15) is 11.5 Å². The van der Waals surface area contributed by atoms with Gasteiger partial charge in [-0.15, -0.1) is 0 Å². The van der Waals surface area contributed by atoms with Crippen LogP contribution in [0.15, 0.2) is 66.4 Å². The molecule has 31 heavy (non-hydrogen) atoms. The Morgan fingerprint density at radius 1 is 1.00 bits per heavy atom. The highest BCUT2D eigenvalue weighted by Crippen LogP contribution is 2.37. The van der Waals surface area contributed by atoms with Crippen LogP contribution in [0, 0.1) is 0 Å². The molecule has 0 radical (unpaired) electrons. The van der Waals surface area contributed by atoms with Crippen LogP contribution >= 0.6 is 11.6 Å². The Morgan fingerprint density at radius 3 is 2.48 bits per heavy atom. The molecule has 156 valence electrons. The van der Waals surface area contributed by atoms with Crippen LogP contribution in [-0.4, -0.2) is 26.0 Å². The fourth-order valence-corrected chi connectivity index (χ4v) is 3.28. The first kappa shape index (κ1) is 20.5. The predicted octanol–water partition coefficient (Wildman–Crippen LogP) is 5.19. The number of carbonyl (C=O) groups excluding carboxylic acids is 2. The third-order valence-corrected chi connectivity index (χ3v) is 4.90. The van der Waals surface area contributed by atoms with Gasteiger partial charge in [-0.25, -0.2) is 4.79 Å². The molecular weight excluding hydrogens is 420 g/mol. The zero-order valence-corrected chi connectivity index (χ0v) is 17.4. The summed E-state index contributed by atoms with van der Waals surface area (Å²) < 4.78 is 21.8. The van der Waals surface area contributed by atoms with Gasteiger partial charge < -0.3 is 18.9 Å². The molecule has 0 spiro atoms. The smallest absolute Gasteiger partial charge is 0.343 e. The Hall–Kier alpha value is -3.77. The zero-order valence-electron chi connectivity index (χ0n) is 16.7. The maximum absolute atomic E-state index is 12.8.